The van der Waals surface area contributed by atoms with Gasteiger partial charge in [-0.05, 0) is 24.1 Å². The zero-order chi connectivity index (χ0) is 14.5. The molecule has 108 valence electrons. The number of benzene rings is 1. The second kappa shape index (κ2) is 6.72. The van der Waals surface area contributed by atoms with Crippen molar-refractivity contribution < 1.29 is 14.6 Å². The van der Waals surface area contributed by atoms with Gasteiger partial charge in [-0.15, -0.1) is 11.3 Å². The summed E-state index contributed by atoms with van der Waals surface area (Å²) in [6, 6.07) is 5.87. The Kier molecular flexibility index (Phi) is 4.98. The van der Waals surface area contributed by atoms with Crippen LogP contribution in [0.1, 0.15) is 28.1 Å². The summed E-state index contributed by atoms with van der Waals surface area (Å²) in [4.78, 5) is 5.64. The Labute approximate surface area is 123 Å². The molecule has 1 aromatic heterocycles. The quantitative estimate of drug-likeness (QED) is 0.890. The van der Waals surface area contributed by atoms with Crippen LogP contribution in [0.3, 0.4) is 0 Å². The average Bonchev–Trinajstić information content (AvgIpc) is 2.89. The van der Waals surface area contributed by atoms with Crippen LogP contribution in [0.15, 0.2) is 18.2 Å². The summed E-state index contributed by atoms with van der Waals surface area (Å²) in [7, 11) is 3.25. The zero-order valence-electron chi connectivity index (χ0n) is 12.0. The highest BCUT2D eigenvalue weighted by Gasteiger charge is 2.11. The maximum atomic E-state index is 9.29. The fourth-order valence-corrected chi connectivity index (χ4v) is 3.13. The van der Waals surface area contributed by atoms with E-state index in [-0.39, 0.29) is 6.61 Å². The standard InChI is InChI=1S/C15H19NO3S/c1-4-14-11(9-17)16-15(20-14)8-10-5-6-12(18-2)13(7-10)19-3/h5-7,17H,4,8-9H2,1-3H3. The number of ether oxygens (including phenoxy) is 2. The van der Waals surface area contributed by atoms with Crippen molar-refractivity contribution >= 4 is 11.3 Å². The van der Waals surface area contributed by atoms with E-state index in [1.807, 2.05) is 18.2 Å². The number of thiazole rings is 1. The largest absolute Gasteiger partial charge is 0.493 e. The second-order valence-electron chi connectivity index (χ2n) is 4.36. The van der Waals surface area contributed by atoms with Gasteiger partial charge in [0.2, 0.25) is 0 Å². The molecule has 0 spiro atoms. The molecular formula is C15H19NO3S. The van der Waals surface area contributed by atoms with E-state index in [2.05, 4.69) is 11.9 Å². The van der Waals surface area contributed by atoms with Gasteiger partial charge in [0, 0.05) is 11.3 Å². The number of methoxy groups -OCH3 is 2. The maximum absolute atomic E-state index is 9.29. The zero-order valence-corrected chi connectivity index (χ0v) is 12.8. The van der Waals surface area contributed by atoms with Gasteiger partial charge in [0.15, 0.2) is 11.5 Å². The van der Waals surface area contributed by atoms with Crippen molar-refractivity contribution in [1.29, 1.82) is 0 Å². The van der Waals surface area contributed by atoms with Crippen LogP contribution in [0, 0.1) is 0 Å². The smallest absolute Gasteiger partial charge is 0.160 e. The fourth-order valence-electron chi connectivity index (χ4n) is 2.08. The number of rotatable bonds is 6. The predicted molar refractivity (Wildman–Crippen MR) is 79.8 cm³/mol. The third-order valence-corrected chi connectivity index (χ3v) is 4.34. The summed E-state index contributed by atoms with van der Waals surface area (Å²) >= 11 is 1.66. The molecule has 0 atom stereocenters. The highest BCUT2D eigenvalue weighted by molar-refractivity contribution is 7.11. The lowest BCUT2D eigenvalue weighted by Crippen LogP contribution is -1.94. The number of nitrogens with zero attached hydrogens (tertiary/aromatic N) is 1. The minimum absolute atomic E-state index is 0.00556. The lowest BCUT2D eigenvalue weighted by atomic mass is 10.1. The van der Waals surface area contributed by atoms with Gasteiger partial charge < -0.3 is 14.6 Å². The highest BCUT2D eigenvalue weighted by atomic mass is 32.1. The molecule has 0 aliphatic carbocycles. The first-order valence-electron chi connectivity index (χ1n) is 6.51. The number of hydrogen-bond acceptors (Lipinski definition) is 5. The van der Waals surface area contributed by atoms with Gasteiger partial charge >= 0.3 is 0 Å². The maximum Gasteiger partial charge on any atom is 0.160 e. The molecule has 2 aromatic rings. The fraction of sp³-hybridized carbons (Fsp3) is 0.400. The van der Waals surface area contributed by atoms with Gasteiger partial charge in [-0.3, -0.25) is 0 Å². The molecule has 0 amide bonds. The lowest BCUT2D eigenvalue weighted by molar-refractivity contribution is 0.276. The molecule has 0 radical (unpaired) electrons. The van der Waals surface area contributed by atoms with Crippen molar-refractivity contribution in [2.24, 2.45) is 0 Å². The molecule has 0 unspecified atom stereocenters. The van der Waals surface area contributed by atoms with Crippen LogP contribution in [0.4, 0.5) is 0 Å². The van der Waals surface area contributed by atoms with Crippen molar-refractivity contribution in [3.63, 3.8) is 0 Å². The second-order valence-corrected chi connectivity index (χ2v) is 5.52. The van der Waals surface area contributed by atoms with Crippen molar-refractivity contribution in [2.45, 2.75) is 26.4 Å². The molecule has 0 aliphatic rings. The normalized spacial score (nSPS) is 10.6. The third-order valence-electron chi connectivity index (χ3n) is 3.10. The van der Waals surface area contributed by atoms with E-state index in [0.717, 1.165) is 45.5 Å². The van der Waals surface area contributed by atoms with E-state index < -0.39 is 0 Å². The number of hydrogen-bond donors (Lipinski definition) is 1. The Hall–Kier alpha value is -1.59. The summed E-state index contributed by atoms with van der Waals surface area (Å²) in [6.07, 6.45) is 1.64. The van der Waals surface area contributed by atoms with E-state index >= 15 is 0 Å². The van der Waals surface area contributed by atoms with Gasteiger partial charge in [0.1, 0.15) is 0 Å². The van der Waals surface area contributed by atoms with Crippen LogP contribution < -0.4 is 9.47 Å². The van der Waals surface area contributed by atoms with E-state index in [1.165, 1.54) is 0 Å². The van der Waals surface area contributed by atoms with Gasteiger partial charge in [0.25, 0.3) is 0 Å². The number of aromatic nitrogens is 1. The number of aliphatic hydroxyl groups excluding tert-OH is 1. The van der Waals surface area contributed by atoms with Crippen LogP contribution in [0.25, 0.3) is 0 Å². The Balaban J connectivity index is 2.23. The van der Waals surface area contributed by atoms with Gasteiger partial charge in [0.05, 0.1) is 31.5 Å². The van der Waals surface area contributed by atoms with Crippen LogP contribution in [-0.4, -0.2) is 24.3 Å². The van der Waals surface area contributed by atoms with E-state index in [0.29, 0.717) is 0 Å². The highest BCUT2D eigenvalue weighted by Crippen LogP contribution is 2.29. The molecule has 20 heavy (non-hydrogen) atoms. The molecule has 0 saturated carbocycles. The third kappa shape index (κ3) is 3.11. The number of aryl methyl sites for hydroxylation is 1. The van der Waals surface area contributed by atoms with Crippen LogP contribution in [-0.2, 0) is 19.4 Å². The number of aliphatic hydroxyl groups is 1. The lowest BCUT2D eigenvalue weighted by Gasteiger charge is -2.08. The molecule has 2 rings (SSSR count). The van der Waals surface area contributed by atoms with Crippen molar-refractivity contribution in [3.8, 4) is 11.5 Å². The summed E-state index contributed by atoms with van der Waals surface area (Å²) < 4.78 is 10.5. The van der Waals surface area contributed by atoms with Gasteiger partial charge in [-0.1, -0.05) is 13.0 Å². The first-order chi connectivity index (χ1) is 9.71. The Morgan fingerprint density at radius 1 is 1.20 bits per heavy atom. The van der Waals surface area contributed by atoms with E-state index in [1.54, 1.807) is 25.6 Å². The van der Waals surface area contributed by atoms with Crippen LogP contribution >= 0.6 is 11.3 Å². The van der Waals surface area contributed by atoms with Crippen LogP contribution in [0.5, 0.6) is 11.5 Å². The first-order valence-corrected chi connectivity index (χ1v) is 7.32. The summed E-state index contributed by atoms with van der Waals surface area (Å²) in [5, 5.41) is 10.3. The topological polar surface area (TPSA) is 51.6 Å². The molecule has 1 aromatic carbocycles. The molecule has 0 fully saturated rings. The average molecular weight is 293 g/mol. The Morgan fingerprint density at radius 2 is 1.95 bits per heavy atom. The summed E-state index contributed by atoms with van der Waals surface area (Å²) in [5.41, 5.74) is 1.91. The summed E-state index contributed by atoms with van der Waals surface area (Å²) in [6.45, 7) is 2.08. The Morgan fingerprint density at radius 3 is 2.50 bits per heavy atom. The molecule has 4 nitrogen and oxygen atoms in total. The minimum atomic E-state index is 0.00556. The van der Waals surface area contributed by atoms with Crippen molar-refractivity contribution in [1.82, 2.24) is 4.98 Å². The SMILES string of the molecule is CCc1sc(Cc2ccc(OC)c(OC)c2)nc1CO. The van der Waals surface area contributed by atoms with Gasteiger partial charge in [-0.25, -0.2) is 4.98 Å². The van der Waals surface area contributed by atoms with Crippen molar-refractivity contribution in [3.05, 3.63) is 39.3 Å². The summed E-state index contributed by atoms with van der Waals surface area (Å²) in [5.74, 6) is 1.44. The van der Waals surface area contributed by atoms with Crippen molar-refractivity contribution in [2.75, 3.05) is 14.2 Å². The molecule has 5 heteroatoms. The predicted octanol–water partition coefficient (Wildman–Crippen LogP) is 2.81. The minimum Gasteiger partial charge on any atom is -0.493 e. The molecule has 1 heterocycles. The molecule has 0 aliphatic heterocycles. The molecule has 0 saturated heterocycles. The Bertz CT molecular complexity index is 559. The van der Waals surface area contributed by atoms with Crippen LogP contribution in [0.2, 0.25) is 0 Å². The molecule has 0 bridgehead atoms. The molecular weight excluding hydrogens is 274 g/mol. The molecule has 1 N–H and O–H groups in total. The van der Waals surface area contributed by atoms with Gasteiger partial charge in [-0.2, -0.15) is 0 Å². The first kappa shape index (κ1) is 14.8. The monoisotopic (exact) mass is 293 g/mol. The van der Waals surface area contributed by atoms with E-state index in [4.69, 9.17) is 9.47 Å². The van der Waals surface area contributed by atoms with E-state index in [9.17, 15) is 5.11 Å².